The van der Waals surface area contributed by atoms with Crippen molar-refractivity contribution in [2.45, 2.75) is 69.5 Å². The first-order valence-corrected chi connectivity index (χ1v) is 10.9. The molecule has 2 aliphatic rings. The van der Waals surface area contributed by atoms with Crippen molar-refractivity contribution in [3.8, 4) is 0 Å². The first kappa shape index (κ1) is 24.2. The summed E-state index contributed by atoms with van der Waals surface area (Å²) < 4.78 is 0. The molecule has 0 radical (unpaired) electrons. The molecule has 0 aromatic carbocycles. The van der Waals surface area contributed by atoms with Crippen molar-refractivity contribution >= 4 is 29.7 Å². The number of likely N-dealkylation sites (tertiary alicyclic amines) is 1. The quantitative estimate of drug-likeness (QED) is 0.430. The van der Waals surface area contributed by atoms with Gasteiger partial charge in [-0.3, -0.25) is 24.1 Å². The molecule has 2 saturated heterocycles. The maximum atomic E-state index is 13.6. The van der Waals surface area contributed by atoms with Crippen molar-refractivity contribution < 1.29 is 24.0 Å². The molecule has 1 unspecified atom stereocenters. The number of nitrogens with two attached hydrogens (primary N) is 1. The van der Waals surface area contributed by atoms with Crippen LogP contribution in [-0.2, 0) is 19.2 Å². The molecule has 0 bridgehead atoms. The summed E-state index contributed by atoms with van der Waals surface area (Å²) in [6.45, 7) is 5.27. The molecule has 0 spiro atoms. The molecular formula is C21H31N7O5. The summed E-state index contributed by atoms with van der Waals surface area (Å²) in [7, 11) is 1.32. The molecule has 12 nitrogen and oxygen atoms in total. The van der Waals surface area contributed by atoms with Gasteiger partial charge in [-0.25, -0.2) is 9.78 Å². The van der Waals surface area contributed by atoms with Gasteiger partial charge in [0.05, 0.1) is 12.7 Å². The lowest BCUT2D eigenvalue weighted by Gasteiger charge is -2.39. The third-order valence-electron chi connectivity index (χ3n) is 6.75. The number of hydrogen-bond donors (Lipinski definition) is 4. The van der Waals surface area contributed by atoms with E-state index >= 15 is 0 Å². The molecular weight excluding hydrogens is 430 g/mol. The monoisotopic (exact) mass is 461 g/mol. The third-order valence-corrected chi connectivity index (χ3v) is 6.75. The van der Waals surface area contributed by atoms with E-state index in [9.17, 15) is 24.0 Å². The summed E-state index contributed by atoms with van der Waals surface area (Å²) in [5.41, 5.74) is 3.70. The Bertz CT molecular complexity index is 944. The number of nitrogens with one attached hydrogen (secondary N) is 3. The Kier molecular flexibility index (Phi) is 6.48. The van der Waals surface area contributed by atoms with E-state index in [0.29, 0.717) is 19.4 Å². The lowest BCUT2D eigenvalue weighted by Crippen LogP contribution is -2.67. The summed E-state index contributed by atoms with van der Waals surface area (Å²) in [5.74, 6) is -2.41. The summed E-state index contributed by atoms with van der Waals surface area (Å²) in [6.07, 6.45) is 4.15. The Hall–Kier alpha value is -3.44. The molecule has 3 rings (SSSR count). The highest BCUT2D eigenvalue weighted by atomic mass is 16.2. The number of aromatic amines is 1. The molecule has 180 valence electrons. The molecule has 0 saturated carbocycles. The molecule has 4 atom stereocenters. The average molecular weight is 462 g/mol. The zero-order chi connectivity index (χ0) is 24.6. The molecule has 3 heterocycles. The van der Waals surface area contributed by atoms with Gasteiger partial charge in [0, 0.05) is 31.4 Å². The zero-order valence-corrected chi connectivity index (χ0v) is 19.3. The van der Waals surface area contributed by atoms with Crippen LogP contribution in [0.1, 0.15) is 58.1 Å². The first-order valence-electron chi connectivity index (χ1n) is 10.9. The molecule has 33 heavy (non-hydrogen) atoms. The maximum absolute atomic E-state index is 13.6. The van der Waals surface area contributed by atoms with Crippen LogP contribution >= 0.6 is 0 Å². The van der Waals surface area contributed by atoms with E-state index in [1.54, 1.807) is 13.1 Å². The van der Waals surface area contributed by atoms with Crippen LogP contribution in [-0.4, -0.2) is 80.1 Å². The number of aromatic nitrogens is 2. The second-order valence-electron chi connectivity index (χ2n) is 9.29. The molecule has 12 heteroatoms. The number of rotatable bonds is 7. The van der Waals surface area contributed by atoms with Gasteiger partial charge in [0.15, 0.2) is 0 Å². The topological polar surface area (TPSA) is 171 Å². The lowest BCUT2D eigenvalue weighted by atomic mass is 9.91. The van der Waals surface area contributed by atoms with Crippen LogP contribution in [0.4, 0.5) is 4.79 Å². The molecule has 6 amide bonds. The Morgan fingerprint density at radius 2 is 2.00 bits per heavy atom. The van der Waals surface area contributed by atoms with Gasteiger partial charge in [-0.05, 0) is 33.1 Å². The Labute approximate surface area is 191 Å². The molecule has 5 N–H and O–H groups in total. The van der Waals surface area contributed by atoms with E-state index in [0.717, 1.165) is 10.6 Å². The highest BCUT2D eigenvalue weighted by molar-refractivity contribution is 6.05. The van der Waals surface area contributed by atoms with Crippen LogP contribution in [0.5, 0.6) is 0 Å². The third kappa shape index (κ3) is 4.55. The minimum Gasteiger partial charge on any atom is -0.368 e. The van der Waals surface area contributed by atoms with E-state index in [2.05, 4.69) is 20.6 Å². The fraction of sp³-hybridized carbons (Fsp3) is 0.619. The van der Waals surface area contributed by atoms with Crippen molar-refractivity contribution in [2.24, 2.45) is 5.73 Å². The standard InChI is InChI=1S/C21H31N7O5/c1-12(14-10-23-11-24-14)8-13(16(30)28-7-5-6-21(28,3)17(22)31)25-18(32)20(2)9-15(29)27(4)19(33)26-20/h10-13H,5-9H2,1-4H3,(H2,22,31)(H,23,24)(H,25,32)(H,26,33)/t12-,13?,20-,21-/m0/s1. The van der Waals surface area contributed by atoms with E-state index in [1.807, 2.05) is 6.92 Å². The molecule has 2 fully saturated rings. The van der Waals surface area contributed by atoms with Gasteiger partial charge in [-0.1, -0.05) is 6.92 Å². The summed E-state index contributed by atoms with van der Waals surface area (Å²) >= 11 is 0. The first-order chi connectivity index (χ1) is 15.4. The van der Waals surface area contributed by atoms with E-state index in [1.165, 1.54) is 25.2 Å². The fourth-order valence-electron chi connectivity index (χ4n) is 4.35. The van der Waals surface area contributed by atoms with Gasteiger partial charge in [-0.15, -0.1) is 0 Å². The highest BCUT2D eigenvalue weighted by Gasteiger charge is 2.48. The van der Waals surface area contributed by atoms with Crippen LogP contribution < -0.4 is 16.4 Å². The number of carbonyl (C=O) groups excluding carboxylic acids is 5. The normalized spacial score (nSPS) is 27.2. The number of primary amides is 1. The van der Waals surface area contributed by atoms with Crippen molar-refractivity contribution in [2.75, 3.05) is 13.6 Å². The molecule has 2 aliphatic heterocycles. The van der Waals surface area contributed by atoms with Gasteiger partial charge in [0.25, 0.3) is 0 Å². The summed E-state index contributed by atoms with van der Waals surface area (Å²) in [6, 6.07) is -1.71. The van der Waals surface area contributed by atoms with E-state index < -0.39 is 46.8 Å². The summed E-state index contributed by atoms with van der Waals surface area (Å²) in [5, 5.41) is 5.27. The van der Waals surface area contributed by atoms with E-state index in [-0.39, 0.29) is 18.8 Å². The average Bonchev–Trinajstić information content (AvgIpc) is 3.41. The van der Waals surface area contributed by atoms with Gasteiger partial charge in [0.1, 0.15) is 17.1 Å². The SMILES string of the molecule is C[C@@H](CC(NC(=O)[C@]1(C)CC(=O)N(C)C(=O)N1)C(=O)N1CCC[C@@]1(C)C(N)=O)c1cnc[nH]1. The van der Waals surface area contributed by atoms with Gasteiger partial charge >= 0.3 is 6.03 Å². The maximum Gasteiger partial charge on any atom is 0.324 e. The number of carbonyl (C=O) groups is 5. The van der Waals surface area contributed by atoms with Crippen LogP contribution in [0.25, 0.3) is 0 Å². The second kappa shape index (κ2) is 8.83. The van der Waals surface area contributed by atoms with Crippen LogP contribution in [0, 0.1) is 0 Å². The Morgan fingerprint density at radius 1 is 1.30 bits per heavy atom. The minimum atomic E-state index is -1.52. The number of nitrogens with zero attached hydrogens (tertiary/aromatic N) is 3. The predicted octanol–water partition coefficient (Wildman–Crippen LogP) is -0.415. The van der Waals surface area contributed by atoms with E-state index in [4.69, 9.17) is 5.73 Å². The molecule has 1 aromatic heterocycles. The number of amides is 6. The number of urea groups is 1. The molecule has 0 aliphatic carbocycles. The highest BCUT2D eigenvalue weighted by Crippen LogP contribution is 2.31. The van der Waals surface area contributed by atoms with Gasteiger partial charge in [0.2, 0.25) is 23.6 Å². The minimum absolute atomic E-state index is 0.189. The molecule has 1 aromatic rings. The fourth-order valence-corrected chi connectivity index (χ4v) is 4.35. The largest absolute Gasteiger partial charge is 0.368 e. The number of imidazole rings is 1. The van der Waals surface area contributed by atoms with Gasteiger partial charge in [-0.2, -0.15) is 0 Å². The Morgan fingerprint density at radius 3 is 2.58 bits per heavy atom. The summed E-state index contributed by atoms with van der Waals surface area (Å²) in [4.78, 5) is 72.6. The second-order valence-corrected chi connectivity index (χ2v) is 9.29. The number of imide groups is 1. The lowest BCUT2D eigenvalue weighted by molar-refractivity contribution is -0.146. The van der Waals surface area contributed by atoms with Crippen molar-refractivity contribution in [1.29, 1.82) is 0 Å². The van der Waals surface area contributed by atoms with Gasteiger partial charge < -0.3 is 26.3 Å². The van der Waals surface area contributed by atoms with Crippen molar-refractivity contribution in [3.63, 3.8) is 0 Å². The smallest absolute Gasteiger partial charge is 0.324 e. The van der Waals surface area contributed by atoms with Crippen LogP contribution in [0.3, 0.4) is 0 Å². The van der Waals surface area contributed by atoms with Crippen molar-refractivity contribution in [3.05, 3.63) is 18.2 Å². The number of hydrogen-bond acceptors (Lipinski definition) is 6. The predicted molar refractivity (Wildman–Crippen MR) is 116 cm³/mol. The number of H-pyrrole nitrogens is 1. The Balaban J connectivity index is 1.86. The van der Waals surface area contributed by atoms with Crippen molar-refractivity contribution in [1.82, 2.24) is 30.4 Å². The van der Waals surface area contributed by atoms with Crippen LogP contribution in [0.2, 0.25) is 0 Å². The van der Waals surface area contributed by atoms with Crippen LogP contribution in [0.15, 0.2) is 12.5 Å². The zero-order valence-electron chi connectivity index (χ0n) is 19.3.